The Morgan fingerprint density at radius 2 is 1.84 bits per heavy atom. The predicted molar refractivity (Wildman–Crippen MR) is 94.0 cm³/mol. The zero-order valence-corrected chi connectivity index (χ0v) is 15.7. The Morgan fingerprint density at radius 3 is 2.40 bits per heavy atom. The van der Waals surface area contributed by atoms with Crippen LogP contribution in [-0.4, -0.2) is 64.2 Å². The first kappa shape index (κ1) is 19.8. The lowest BCUT2D eigenvalue weighted by Gasteiger charge is -2.34. The molecule has 7 nitrogen and oxygen atoms in total. The lowest BCUT2D eigenvalue weighted by molar-refractivity contribution is -0.0440. The molecule has 1 aromatic rings. The van der Waals surface area contributed by atoms with E-state index in [0.29, 0.717) is 31.8 Å². The van der Waals surface area contributed by atoms with Crippen LogP contribution in [0, 0.1) is 0 Å². The molecule has 1 amide bonds. The lowest BCUT2D eigenvalue weighted by Crippen LogP contribution is -2.48. The fourth-order valence-electron chi connectivity index (χ4n) is 2.77. The number of benzene rings is 1. The molecule has 2 atom stereocenters. The van der Waals surface area contributed by atoms with Crippen molar-refractivity contribution >= 4 is 15.9 Å². The molecule has 0 radical (unpaired) electrons. The molecule has 0 aromatic heterocycles. The van der Waals surface area contributed by atoms with Crippen molar-refractivity contribution in [2.75, 3.05) is 33.4 Å². The van der Waals surface area contributed by atoms with Gasteiger partial charge in [0.1, 0.15) is 0 Å². The first-order valence-electron chi connectivity index (χ1n) is 8.37. The summed E-state index contributed by atoms with van der Waals surface area (Å²) in [5, 5.41) is 2.77. The van der Waals surface area contributed by atoms with Crippen LogP contribution in [0.5, 0.6) is 0 Å². The van der Waals surface area contributed by atoms with Crippen molar-refractivity contribution in [2.24, 2.45) is 0 Å². The molecule has 1 N–H and O–H groups in total. The number of amides is 1. The maximum absolute atomic E-state index is 12.8. The van der Waals surface area contributed by atoms with Gasteiger partial charge in [-0.25, -0.2) is 8.42 Å². The van der Waals surface area contributed by atoms with Gasteiger partial charge in [-0.05, 0) is 44.5 Å². The molecule has 2 unspecified atom stereocenters. The van der Waals surface area contributed by atoms with Crippen LogP contribution in [0.4, 0.5) is 0 Å². The summed E-state index contributed by atoms with van der Waals surface area (Å²) in [7, 11) is -1.98. The van der Waals surface area contributed by atoms with E-state index in [-0.39, 0.29) is 23.0 Å². The van der Waals surface area contributed by atoms with Crippen molar-refractivity contribution in [2.45, 2.75) is 37.4 Å². The number of rotatable bonds is 7. The number of ether oxygens (including phenoxy) is 2. The van der Waals surface area contributed by atoms with Gasteiger partial charge in [-0.1, -0.05) is 0 Å². The van der Waals surface area contributed by atoms with Crippen LogP contribution in [-0.2, 0) is 19.5 Å². The van der Waals surface area contributed by atoms with E-state index in [1.165, 1.54) is 28.6 Å². The summed E-state index contributed by atoms with van der Waals surface area (Å²) in [6.45, 7) is 5.46. The molecule has 1 heterocycles. The SMILES string of the molecule is COCCCNC(=O)c1ccc(S(=O)(=O)N2CC(C)OC(C)C2)cc1. The van der Waals surface area contributed by atoms with Crippen molar-refractivity contribution in [3.05, 3.63) is 29.8 Å². The van der Waals surface area contributed by atoms with E-state index >= 15 is 0 Å². The minimum absolute atomic E-state index is 0.143. The van der Waals surface area contributed by atoms with Crippen LogP contribution >= 0.6 is 0 Å². The molecule has 1 aromatic carbocycles. The fraction of sp³-hybridized carbons (Fsp3) is 0.588. The number of methoxy groups -OCH3 is 1. The standard InChI is InChI=1S/C17H26N2O5S/c1-13-11-19(12-14(2)24-13)25(21,22)16-7-5-15(6-8-16)17(20)18-9-4-10-23-3/h5-8,13-14H,4,9-12H2,1-3H3,(H,18,20). The summed E-state index contributed by atoms with van der Waals surface area (Å²) in [5.74, 6) is -0.228. The molecular weight excluding hydrogens is 344 g/mol. The van der Waals surface area contributed by atoms with Gasteiger partial charge < -0.3 is 14.8 Å². The largest absolute Gasteiger partial charge is 0.385 e. The molecule has 25 heavy (non-hydrogen) atoms. The van der Waals surface area contributed by atoms with Gasteiger partial charge in [0.15, 0.2) is 0 Å². The van der Waals surface area contributed by atoms with E-state index in [4.69, 9.17) is 9.47 Å². The lowest BCUT2D eigenvalue weighted by atomic mass is 10.2. The normalized spacial score (nSPS) is 21.9. The number of carbonyl (C=O) groups excluding carboxylic acids is 1. The number of nitrogens with zero attached hydrogens (tertiary/aromatic N) is 1. The highest BCUT2D eigenvalue weighted by Gasteiger charge is 2.32. The van der Waals surface area contributed by atoms with Crippen molar-refractivity contribution < 1.29 is 22.7 Å². The molecule has 140 valence electrons. The summed E-state index contributed by atoms with van der Waals surface area (Å²) >= 11 is 0. The van der Waals surface area contributed by atoms with Crippen LogP contribution in [0.25, 0.3) is 0 Å². The third-order valence-electron chi connectivity index (χ3n) is 3.95. The zero-order chi connectivity index (χ0) is 18.4. The van der Waals surface area contributed by atoms with Crippen molar-refractivity contribution in [1.29, 1.82) is 0 Å². The number of nitrogens with one attached hydrogen (secondary N) is 1. The second-order valence-corrected chi connectivity index (χ2v) is 8.14. The summed E-state index contributed by atoms with van der Waals surface area (Å²) in [6, 6.07) is 6.02. The smallest absolute Gasteiger partial charge is 0.251 e. The molecule has 0 bridgehead atoms. The van der Waals surface area contributed by atoms with Crippen molar-refractivity contribution in [3.8, 4) is 0 Å². The number of hydrogen-bond acceptors (Lipinski definition) is 5. The van der Waals surface area contributed by atoms with Crippen molar-refractivity contribution in [3.63, 3.8) is 0 Å². The predicted octanol–water partition coefficient (Wildman–Crippen LogP) is 1.25. The second-order valence-electron chi connectivity index (χ2n) is 6.21. The summed E-state index contributed by atoms with van der Waals surface area (Å²) in [4.78, 5) is 12.2. The Balaban J connectivity index is 2.04. The van der Waals surface area contributed by atoms with Gasteiger partial charge in [0.25, 0.3) is 5.91 Å². The second kappa shape index (κ2) is 8.75. The molecule has 1 aliphatic heterocycles. The Labute approximate surface area is 149 Å². The zero-order valence-electron chi connectivity index (χ0n) is 14.9. The number of hydrogen-bond donors (Lipinski definition) is 1. The number of carbonyl (C=O) groups is 1. The average molecular weight is 370 g/mol. The van der Waals surface area contributed by atoms with Crippen LogP contribution in [0.15, 0.2) is 29.2 Å². The maximum Gasteiger partial charge on any atom is 0.251 e. The van der Waals surface area contributed by atoms with Gasteiger partial charge in [0.2, 0.25) is 10.0 Å². The molecule has 1 aliphatic rings. The van der Waals surface area contributed by atoms with E-state index in [0.717, 1.165) is 6.42 Å². The summed E-state index contributed by atoms with van der Waals surface area (Å²) in [5.41, 5.74) is 0.431. The van der Waals surface area contributed by atoms with E-state index in [9.17, 15) is 13.2 Å². The van der Waals surface area contributed by atoms with E-state index in [1.807, 2.05) is 13.8 Å². The van der Waals surface area contributed by atoms with Crippen LogP contribution < -0.4 is 5.32 Å². The molecule has 0 aliphatic carbocycles. The molecule has 1 saturated heterocycles. The van der Waals surface area contributed by atoms with Crippen molar-refractivity contribution in [1.82, 2.24) is 9.62 Å². The Morgan fingerprint density at radius 1 is 1.24 bits per heavy atom. The Bertz CT molecular complexity index is 665. The molecule has 8 heteroatoms. The quantitative estimate of drug-likeness (QED) is 0.730. The minimum Gasteiger partial charge on any atom is -0.385 e. The van der Waals surface area contributed by atoms with Crippen LogP contribution in [0.3, 0.4) is 0 Å². The van der Waals surface area contributed by atoms with Gasteiger partial charge in [0, 0.05) is 38.9 Å². The molecular formula is C17H26N2O5S. The highest BCUT2D eigenvalue weighted by atomic mass is 32.2. The molecule has 2 rings (SSSR count). The van der Waals surface area contributed by atoms with Gasteiger partial charge in [-0.3, -0.25) is 4.79 Å². The van der Waals surface area contributed by atoms with Gasteiger partial charge in [-0.2, -0.15) is 4.31 Å². The van der Waals surface area contributed by atoms with E-state index < -0.39 is 10.0 Å². The van der Waals surface area contributed by atoms with Crippen LogP contribution in [0.2, 0.25) is 0 Å². The number of morpholine rings is 1. The summed E-state index contributed by atoms with van der Waals surface area (Å²) < 4.78 is 37.5. The minimum atomic E-state index is -3.59. The first-order valence-corrected chi connectivity index (χ1v) is 9.81. The maximum atomic E-state index is 12.8. The monoisotopic (exact) mass is 370 g/mol. The highest BCUT2D eigenvalue weighted by Crippen LogP contribution is 2.21. The van der Waals surface area contributed by atoms with Gasteiger partial charge >= 0.3 is 0 Å². The fourth-order valence-corrected chi connectivity index (χ4v) is 4.37. The molecule has 0 spiro atoms. The molecule has 1 fully saturated rings. The van der Waals surface area contributed by atoms with Gasteiger partial charge in [0.05, 0.1) is 17.1 Å². The third-order valence-corrected chi connectivity index (χ3v) is 5.80. The first-order chi connectivity index (χ1) is 11.8. The van der Waals surface area contributed by atoms with Gasteiger partial charge in [-0.15, -0.1) is 0 Å². The van der Waals surface area contributed by atoms with Crippen LogP contribution in [0.1, 0.15) is 30.6 Å². The van der Waals surface area contributed by atoms with E-state index in [1.54, 1.807) is 7.11 Å². The number of sulfonamides is 1. The highest BCUT2D eigenvalue weighted by molar-refractivity contribution is 7.89. The summed E-state index contributed by atoms with van der Waals surface area (Å²) in [6.07, 6.45) is 0.439. The Kier molecular flexibility index (Phi) is 6.95. The van der Waals surface area contributed by atoms with E-state index in [2.05, 4.69) is 5.32 Å². The third kappa shape index (κ3) is 5.24. The average Bonchev–Trinajstić information content (AvgIpc) is 2.58. The Hall–Kier alpha value is -1.48. The topological polar surface area (TPSA) is 84.9 Å². The molecule has 0 saturated carbocycles.